The fourth-order valence-corrected chi connectivity index (χ4v) is 3.53. The van der Waals surface area contributed by atoms with E-state index >= 15 is 0 Å². The zero-order valence-corrected chi connectivity index (χ0v) is 19.0. The van der Waals surface area contributed by atoms with Gasteiger partial charge in [-0.25, -0.2) is 8.78 Å². The van der Waals surface area contributed by atoms with E-state index in [1.165, 1.54) is 12.1 Å². The van der Waals surface area contributed by atoms with Gasteiger partial charge in [0.25, 0.3) is 6.43 Å². The molecular formula is C27H29F2N3O. The lowest BCUT2D eigenvalue weighted by Crippen LogP contribution is -2.23. The van der Waals surface area contributed by atoms with Gasteiger partial charge in [-0.05, 0) is 55.2 Å². The molecule has 0 saturated carbocycles. The van der Waals surface area contributed by atoms with Crippen LogP contribution in [0.3, 0.4) is 0 Å². The lowest BCUT2D eigenvalue weighted by Gasteiger charge is -2.25. The molecule has 0 heterocycles. The van der Waals surface area contributed by atoms with Crippen LogP contribution in [0.1, 0.15) is 49.8 Å². The monoisotopic (exact) mass is 449 g/mol. The SMILES string of the molecule is C=CCCN(CCC)/C(C)=C/C(=C\NC=O)c1cc(-c2cccc(C(F)F)c2)ccc1C#N. The summed E-state index contributed by atoms with van der Waals surface area (Å²) in [5.41, 5.74) is 3.90. The fraction of sp³-hybridized carbons (Fsp3) is 0.259. The first-order valence-corrected chi connectivity index (χ1v) is 10.8. The van der Waals surface area contributed by atoms with Crippen molar-refractivity contribution >= 4 is 12.0 Å². The summed E-state index contributed by atoms with van der Waals surface area (Å²) < 4.78 is 26.4. The highest BCUT2D eigenvalue weighted by Gasteiger charge is 2.13. The van der Waals surface area contributed by atoms with Crippen molar-refractivity contribution in [1.82, 2.24) is 10.2 Å². The van der Waals surface area contributed by atoms with Crippen LogP contribution in [0.4, 0.5) is 8.78 Å². The summed E-state index contributed by atoms with van der Waals surface area (Å²) in [4.78, 5) is 13.2. The third kappa shape index (κ3) is 7.15. The van der Waals surface area contributed by atoms with Gasteiger partial charge in [0.2, 0.25) is 6.41 Å². The fourth-order valence-electron chi connectivity index (χ4n) is 3.53. The Hall–Kier alpha value is -3.72. The standard InChI is InChI=1S/C27H29F2N3O/c1-4-6-13-32(12-5-2)20(3)14-25(18-31-19-33)26-16-22(10-11-24(26)17-30)21-8-7-9-23(15-21)27(28)29/h4,7-11,14-16,18-19,27H,1,5-6,12-13H2,2-3H3,(H,31,33)/b20-14+,25-18+. The van der Waals surface area contributed by atoms with Gasteiger partial charge in [0.1, 0.15) is 0 Å². The number of nitrogens with zero attached hydrogens (tertiary/aromatic N) is 2. The number of carbonyl (C=O) groups is 1. The van der Waals surface area contributed by atoms with Gasteiger partial charge in [-0.15, -0.1) is 6.58 Å². The van der Waals surface area contributed by atoms with Crippen molar-refractivity contribution in [3.8, 4) is 17.2 Å². The number of alkyl halides is 2. The summed E-state index contributed by atoms with van der Waals surface area (Å²) in [5, 5.41) is 12.3. The Morgan fingerprint density at radius 1 is 1.21 bits per heavy atom. The predicted molar refractivity (Wildman–Crippen MR) is 129 cm³/mol. The number of carbonyl (C=O) groups excluding carboxylic acids is 1. The summed E-state index contributed by atoms with van der Waals surface area (Å²) in [6.45, 7) is 9.53. The van der Waals surface area contributed by atoms with Gasteiger partial charge in [0, 0.05) is 41.7 Å². The van der Waals surface area contributed by atoms with E-state index in [1.54, 1.807) is 36.5 Å². The molecule has 2 aromatic carbocycles. The summed E-state index contributed by atoms with van der Waals surface area (Å²) in [6.07, 6.45) is 5.12. The van der Waals surface area contributed by atoms with Gasteiger partial charge in [0.05, 0.1) is 11.6 Å². The molecular weight excluding hydrogens is 420 g/mol. The van der Waals surface area contributed by atoms with Crippen molar-refractivity contribution in [2.45, 2.75) is 33.1 Å². The molecule has 0 fully saturated rings. The second-order valence-corrected chi connectivity index (χ2v) is 7.53. The molecule has 0 aliphatic heterocycles. The van der Waals surface area contributed by atoms with Crippen molar-refractivity contribution in [2.75, 3.05) is 13.1 Å². The first-order valence-electron chi connectivity index (χ1n) is 10.8. The van der Waals surface area contributed by atoms with E-state index < -0.39 is 6.43 Å². The van der Waals surface area contributed by atoms with Gasteiger partial charge in [-0.3, -0.25) is 4.79 Å². The Morgan fingerprint density at radius 3 is 2.61 bits per heavy atom. The van der Waals surface area contributed by atoms with Gasteiger partial charge in [-0.2, -0.15) is 5.26 Å². The topological polar surface area (TPSA) is 56.1 Å². The third-order valence-electron chi connectivity index (χ3n) is 5.19. The average molecular weight is 450 g/mol. The van der Waals surface area contributed by atoms with Crippen LogP contribution in [0.2, 0.25) is 0 Å². The Morgan fingerprint density at radius 2 is 1.97 bits per heavy atom. The minimum Gasteiger partial charge on any atom is -0.375 e. The van der Waals surface area contributed by atoms with Crippen LogP contribution in [0.15, 0.2) is 73.1 Å². The quantitative estimate of drug-likeness (QED) is 0.230. The molecule has 33 heavy (non-hydrogen) atoms. The lowest BCUT2D eigenvalue weighted by atomic mass is 9.94. The number of halogens is 2. The first kappa shape index (κ1) is 25.5. The average Bonchev–Trinajstić information content (AvgIpc) is 2.83. The Balaban J connectivity index is 2.58. The maximum atomic E-state index is 13.2. The summed E-state index contributed by atoms with van der Waals surface area (Å²) in [6, 6.07) is 13.6. The van der Waals surface area contributed by atoms with E-state index in [-0.39, 0.29) is 5.56 Å². The minimum atomic E-state index is -2.57. The van der Waals surface area contributed by atoms with Gasteiger partial charge >= 0.3 is 0 Å². The van der Waals surface area contributed by atoms with E-state index in [2.05, 4.69) is 29.8 Å². The van der Waals surface area contributed by atoms with Gasteiger partial charge in [-0.1, -0.05) is 37.3 Å². The van der Waals surface area contributed by atoms with Crippen molar-refractivity contribution in [2.24, 2.45) is 0 Å². The van der Waals surface area contributed by atoms with Crippen molar-refractivity contribution in [3.63, 3.8) is 0 Å². The molecule has 0 aliphatic carbocycles. The molecule has 0 bridgehead atoms. The van der Waals surface area contributed by atoms with Gasteiger partial charge in [0.15, 0.2) is 0 Å². The molecule has 6 heteroatoms. The Bertz CT molecular complexity index is 1070. The predicted octanol–water partition coefficient (Wildman–Crippen LogP) is 6.44. The molecule has 0 atom stereocenters. The number of hydrogen-bond acceptors (Lipinski definition) is 3. The highest BCUT2D eigenvalue weighted by atomic mass is 19.3. The lowest BCUT2D eigenvalue weighted by molar-refractivity contribution is -0.108. The Kier molecular flexibility index (Phi) is 10.0. The normalized spacial score (nSPS) is 11.8. The number of hydrogen-bond donors (Lipinski definition) is 1. The van der Waals surface area contributed by atoms with Crippen LogP contribution in [-0.4, -0.2) is 24.4 Å². The maximum Gasteiger partial charge on any atom is 0.263 e. The van der Waals surface area contributed by atoms with Crippen molar-refractivity contribution < 1.29 is 13.6 Å². The molecule has 0 unspecified atom stereocenters. The summed E-state index contributed by atoms with van der Waals surface area (Å²) >= 11 is 0. The molecule has 0 aliphatic rings. The zero-order valence-electron chi connectivity index (χ0n) is 19.0. The largest absolute Gasteiger partial charge is 0.375 e. The van der Waals surface area contributed by atoms with E-state index in [0.29, 0.717) is 34.2 Å². The first-order chi connectivity index (χ1) is 15.9. The number of rotatable bonds is 12. The summed E-state index contributed by atoms with van der Waals surface area (Å²) in [5.74, 6) is 0. The second kappa shape index (κ2) is 13.0. The zero-order chi connectivity index (χ0) is 24.2. The number of allylic oxidation sites excluding steroid dienone is 3. The van der Waals surface area contributed by atoms with Crippen LogP contribution in [0, 0.1) is 11.3 Å². The minimum absolute atomic E-state index is 0.0648. The number of nitriles is 1. The van der Waals surface area contributed by atoms with Crippen LogP contribution < -0.4 is 5.32 Å². The highest BCUT2D eigenvalue weighted by molar-refractivity contribution is 5.82. The van der Waals surface area contributed by atoms with E-state index in [9.17, 15) is 18.8 Å². The molecule has 0 aromatic heterocycles. The van der Waals surface area contributed by atoms with Crippen LogP contribution in [0.25, 0.3) is 16.7 Å². The van der Waals surface area contributed by atoms with E-state index in [1.807, 2.05) is 19.1 Å². The number of amides is 1. The molecule has 1 N–H and O–H groups in total. The molecule has 172 valence electrons. The van der Waals surface area contributed by atoms with E-state index in [4.69, 9.17) is 0 Å². The molecule has 0 saturated heterocycles. The Labute approximate surface area is 194 Å². The van der Waals surface area contributed by atoms with Crippen molar-refractivity contribution in [3.05, 3.63) is 89.8 Å². The number of nitrogens with one attached hydrogen (secondary N) is 1. The number of benzene rings is 2. The van der Waals surface area contributed by atoms with Crippen LogP contribution in [0.5, 0.6) is 0 Å². The maximum absolute atomic E-state index is 13.2. The highest BCUT2D eigenvalue weighted by Crippen LogP contribution is 2.30. The molecule has 2 rings (SSSR count). The van der Waals surface area contributed by atoms with Crippen LogP contribution >= 0.6 is 0 Å². The summed E-state index contributed by atoms with van der Waals surface area (Å²) in [7, 11) is 0. The molecule has 2 aromatic rings. The molecule has 0 spiro atoms. The molecule has 4 nitrogen and oxygen atoms in total. The van der Waals surface area contributed by atoms with E-state index in [0.717, 1.165) is 31.6 Å². The van der Waals surface area contributed by atoms with Crippen LogP contribution in [-0.2, 0) is 4.79 Å². The van der Waals surface area contributed by atoms with Gasteiger partial charge < -0.3 is 10.2 Å². The smallest absolute Gasteiger partial charge is 0.263 e. The molecule has 1 amide bonds. The second-order valence-electron chi connectivity index (χ2n) is 7.53. The van der Waals surface area contributed by atoms with Crippen molar-refractivity contribution in [1.29, 1.82) is 5.26 Å². The molecule has 0 radical (unpaired) electrons. The third-order valence-corrected chi connectivity index (χ3v) is 5.19.